The molecule has 2 rings (SSSR count). The number of nitrogens with zero attached hydrogens (tertiary/aromatic N) is 2. The molecule has 0 bridgehead atoms. The van der Waals surface area contributed by atoms with Gasteiger partial charge in [0, 0.05) is 19.1 Å². The van der Waals surface area contributed by atoms with Crippen molar-refractivity contribution in [2.45, 2.75) is 57.9 Å². The van der Waals surface area contributed by atoms with E-state index in [4.69, 9.17) is 0 Å². The number of sulfone groups is 1. The Morgan fingerprint density at radius 1 is 1.17 bits per heavy atom. The standard InChI is InChI=1S/C17H34N4O2S/c1-2-18-17(20-16-9-14-24(22,23)15-16)19-10-5-3-6-11-21-12-7-4-8-13-21/h16H,2-15H2,1H3,(H2,18,19,20). The first-order valence-corrected chi connectivity index (χ1v) is 11.4. The van der Waals surface area contributed by atoms with Crippen LogP contribution < -0.4 is 10.6 Å². The van der Waals surface area contributed by atoms with E-state index in [1.807, 2.05) is 6.92 Å². The third-order valence-electron chi connectivity index (χ3n) is 4.77. The van der Waals surface area contributed by atoms with Crippen molar-refractivity contribution < 1.29 is 8.42 Å². The molecule has 0 saturated carbocycles. The largest absolute Gasteiger partial charge is 0.357 e. The highest BCUT2D eigenvalue weighted by atomic mass is 32.2. The first-order valence-electron chi connectivity index (χ1n) is 9.57. The molecule has 0 amide bonds. The molecule has 0 spiro atoms. The van der Waals surface area contributed by atoms with Crippen LogP contribution in [0.4, 0.5) is 0 Å². The molecular formula is C17H34N4O2S. The third kappa shape index (κ3) is 7.38. The molecule has 2 aliphatic rings. The molecule has 6 nitrogen and oxygen atoms in total. The van der Waals surface area contributed by atoms with Crippen molar-refractivity contribution in [3.63, 3.8) is 0 Å². The van der Waals surface area contributed by atoms with Gasteiger partial charge in [0.05, 0.1) is 11.5 Å². The average molecular weight is 359 g/mol. The number of piperidine rings is 1. The van der Waals surface area contributed by atoms with Gasteiger partial charge >= 0.3 is 0 Å². The summed E-state index contributed by atoms with van der Waals surface area (Å²) in [5.41, 5.74) is 0. The maximum atomic E-state index is 11.5. The number of aliphatic imine (C=N–C) groups is 1. The zero-order valence-corrected chi connectivity index (χ0v) is 15.9. The van der Waals surface area contributed by atoms with E-state index in [2.05, 4.69) is 20.5 Å². The van der Waals surface area contributed by atoms with E-state index in [9.17, 15) is 8.42 Å². The molecular weight excluding hydrogens is 324 g/mol. The van der Waals surface area contributed by atoms with Crippen molar-refractivity contribution in [2.24, 2.45) is 4.99 Å². The first kappa shape index (κ1) is 19.5. The number of hydrogen-bond donors (Lipinski definition) is 2. The highest BCUT2D eigenvalue weighted by Gasteiger charge is 2.28. The molecule has 2 aliphatic heterocycles. The van der Waals surface area contributed by atoms with Crippen LogP contribution in [0.3, 0.4) is 0 Å². The number of nitrogens with one attached hydrogen (secondary N) is 2. The van der Waals surface area contributed by atoms with E-state index in [1.165, 1.54) is 51.7 Å². The molecule has 2 N–H and O–H groups in total. The Morgan fingerprint density at radius 3 is 2.62 bits per heavy atom. The highest BCUT2D eigenvalue weighted by molar-refractivity contribution is 7.91. The molecule has 0 aromatic rings. The Bertz CT molecular complexity index is 487. The molecule has 2 fully saturated rings. The van der Waals surface area contributed by atoms with E-state index in [1.54, 1.807) is 0 Å². The molecule has 140 valence electrons. The Balaban J connectivity index is 1.61. The monoisotopic (exact) mass is 358 g/mol. The fraction of sp³-hybridized carbons (Fsp3) is 0.941. The average Bonchev–Trinajstić information content (AvgIpc) is 2.90. The maximum Gasteiger partial charge on any atom is 0.191 e. The smallest absolute Gasteiger partial charge is 0.191 e. The summed E-state index contributed by atoms with van der Waals surface area (Å²) in [6, 6.07) is 0.00639. The van der Waals surface area contributed by atoms with E-state index < -0.39 is 9.84 Å². The van der Waals surface area contributed by atoms with Gasteiger partial charge in [0.25, 0.3) is 0 Å². The van der Waals surface area contributed by atoms with Crippen molar-refractivity contribution in [1.29, 1.82) is 0 Å². The minimum absolute atomic E-state index is 0.00639. The summed E-state index contributed by atoms with van der Waals surface area (Å²) in [6.07, 6.45) is 8.35. The predicted molar refractivity (Wildman–Crippen MR) is 100 cm³/mol. The van der Waals surface area contributed by atoms with Crippen molar-refractivity contribution in [1.82, 2.24) is 15.5 Å². The van der Waals surface area contributed by atoms with Gasteiger partial charge in [-0.2, -0.15) is 0 Å². The van der Waals surface area contributed by atoms with Gasteiger partial charge in [0.15, 0.2) is 15.8 Å². The molecule has 7 heteroatoms. The Morgan fingerprint density at radius 2 is 1.96 bits per heavy atom. The van der Waals surface area contributed by atoms with Gasteiger partial charge in [0.1, 0.15) is 0 Å². The zero-order valence-electron chi connectivity index (χ0n) is 15.1. The minimum atomic E-state index is -2.85. The third-order valence-corrected chi connectivity index (χ3v) is 6.54. The van der Waals surface area contributed by atoms with Crippen LogP contribution >= 0.6 is 0 Å². The van der Waals surface area contributed by atoms with Crippen LogP contribution in [0, 0.1) is 0 Å². The van der Waals surface area contributed by atoms with Crippen LogP contribution in [0.2, 0.25) is 0 Å². The summed E-state index contributed by atoms with van der Waals surface area (Å²) in [7, 11) is -2.85. The quantitative estimate of drug-likeness (QED) is 0.390. The summed E-state index contributed by atoms with van der Waals surface area (Å²) in [5.74, 6) is 1.28. The second-order valence-corrected chi connectivity index (χ2v) is 9.20. The molecule has 0 radical (unpaired) electrons. The Labute approximate surface area is 147 Å². The molecule has 2 saturated heterocycles. The van der Waals surface area contributed by atoms with Crippen molar-refractivity contribution in [2.75, 3.05) is 44.2 Å². The van der Waals surface area contributed by atoms with Gasteiger partial charge < -0.3 is 15.5 Å². The zero-order chi connectivity index (χ0) is 17.3. The van der Waals surface area contributed by atoms with E-state index >= 15 is 0 Å². The summed E-state index contributed by atoms with van der Waals surface area (Å²) in [6.45, 7) is 7.39. The minimum Gasteiger partial charge on any atom is -0.357 e. The van der Waals surface area contributed by atoms with Gasteiger partial charge in [-0.3, -0.25) is 4.99 Å². The number of hydrogen-bond acceptors (Lipinski definition) is 4. The van der Waals surface area contributed by atoms with Crippen LogP contribution in [-0.4, -0.2) is 69.5 Å². The van der Waals surface area contributed by atoms with Crippen molar-refractivity contribution in [3.8, 4) is 0 Å². The molecule has 2 heterocycles. The molecule has 1 unspecified atom stereocenters. The number of likely N-dealkylation sites (tertiary alicyclic amines) is 1. The fourth-order valence-electron chi connectivity index (χ4n) is 3.42. The second kappa shape index (κ2) is 10.2. The molecule has 1 atom stereocenters. The van der Waals surface area contributed by atoms with E-state index in [-0.39, 0.29) is 11.8 Å². The second-order valence-electron chi connectivity index (χ2n) is 6.97. The van der Waals surface area contributed by atoms with Crippen molar-refractivity contribution in [3.05, 3.63) is 0 Å². The van der Waals surface area contributed by atoms with Crippen LogP contribution in [0.5, 0.6) is 0 Å². The highest BCUT2D eigenvalue weighted by Crippen LogP contribution is 2.11. The fourth-order valence-corrected chi connectivity index (χ4v) is 5.09. The Kier molecular flexibility index (Phi) is 8.32. The lowest BCUT2D eigenvalue weighted by Crippen LogP contribution is -2.44. The normalized spacial score (nSPS) is 24.9. The number of unbranched alkanes of at least 4 members (excludes halogenated alkanes) is 2. The van der Waals surface area contributed by atoms with Crippen molar-refractivity contribution >= 4 is 15.8 Å². The lowest BCUT2D eigenvalue weighted by atomic mass is 10.1. The lowest BCUT2D eigenvalue weighted by Gasteiger charge is -2.26. The molecule has 0 aliphatic carbocycles. The van der Waals surface area contributed by atoms with Gasteiger partial charge in [-0.05, 0) is 58.7 Å². The van der Waals surface area contributed by atoms with E-state index in [0.717, 1.165) is 25.5 Å². The molecule has 0 aromatic carbocycles. The van der Waals surface area contributed by atoms with Gasteiger partial charge in [-0.25, -0.2) is 8.42 Å². The van der Waals surface area contributed by atoms with Crippen LogP contribution in [-0.2, 0) is 9.84 Å². The summed E-state index contributed by atoms with van der Waals surface area (Å²) in [5, 5.41) is 6.48. The predicted octanol–water partition coefficient (Wildman–Crippen LogP) is 1.38. The topological polar surface area (TPSA) is 73.8 Å². The summed E-state index contributed by atoms with van der Waals surface area (Å²) >= 11 is 0. The van der Waals surface area contributed by atoms with Crippen LogP contribution in [0.15, 0.2) is 4.99 Å². The summed E-state index contributed by atoms with van der Waals surface area (Å²) in [4.78, 5) is 7.18. The van der Waals surface area contributed by atoms with Crippen LogP contribution in [0.1, 0.15) is 51.9 Å². The number of guanidine groups is 1. The number of rotatable bonds is 8. The van der Waals surface area contributed by atoms with Gasteiger partial charge in [-0.15, -0.1) is 0 Å². The Hall–Kier alpha value is -0.820. The SMILES string of the molecule is CCNC(=NCCCCCN1CCCCC1)NC1CCS(=O)(=O)C1. The maximum absolute atomic E-state index is 11.5. The molecule has 0 aromatic heterocycles. The van der Waals surface area contributed by atoms with Crippen LogP contribution in [0.25, 0.3) is 0 Å². The van der Waals surface area contributed by atoms with Gasteiger partial charge in [0.2, 0.25) is 0 Å². The summed E-state index contributed by atoms with van der Waals surface area (Å²) < 4.78 is 23.1. The lowest BCUT2D eigenvalue weighted by molar-refractivity contribution is 0.224. The van der Waals surface area contributed by atoms with Gasteiger partial charge in [-0.1, -0.05) is 12.8 Å². The van der Waals surface area contributed by atoms with E-state index in [0.29, 0.717) is 12.2 Å². The molecule has 24 heavy (non-hydrogen) atoms. The first-order chi connectivity index (χ1) is 11.6.